The highest BCUT2D eigenvalue weighted by atomic mass is 35.5. The summed E-state index contributed by atoms with van der Waals surface area (Å²) >= 11 is 5.76. The second-order valence-electron chi connectivity index (χ2n) is 4.06. The minimum atomic E-state index is -0.407. The van der Waals surface area contributed by atoms with Crippen LogP contribution in [0, 0.1) is 6.92 Å². The monoisotopic (exact) mass is 296 g/mol. The predicted molar refractivity (Wildman–Crippen MR) is 79.7 cm³/mol. The van der Waals surface area contributed by atoms with E-state index in [0.29, 0.717) is 11.4 Å². The zero-order valence-electron chi connectivity index (χ0n) is 10.4. The second kappa shape index (κ2) is 6.55. The highest BCUT2D eigenvalue weighted by molar-refractivity contribution is 6.16. The highest BCUT2D eigenvalue weighted by Crippen LogP contribution is 2.22. The smallest absolute Gasteiger partial charge is 0.248 e. The number of hydrogen-bond acceptors (Lipinski definition) is 2. The number of aromatic nitrogens is 1. The van der Waals surface area contributed by atoms with Crippen LogP contribution < -0.4 is 5.73 Å². The number of alkyl halides is 1. The number of benzene rings is 1. The Morgan fingerprint density at radius 1 is 1.26 bits per heavy atom. The van der Waals surface area contributed by atoms with Crippen LogP contribution in [-0.2, 0) is 5.88 Å². The lowest BCUT2D eigenvalue weighted by Crippen LogP contribution is -2.12. The Kier molecular flexibility index (Phi) is 5.33. The summed E-state index contributed by atoms with van der Waals surface area (Å²) < 4.78 is 0. The zero-order valence-corrected chi connectivity index (χ0v) is 12.0. The van der Waals surface area contributed by atoms with Crippen molar-refractivity contribution < 1.29 is 4.79 Å². The zero-order chi connectivity index (χ0) is 13.1. The molecule has 100 valence electrons. The van der Waals surface area contributed by atoms with Gasteiger partial charge in [0.15, 0.2) is 0 Å². The molecule has 0 bridgehead atoms. The second-order valence-corrected chi connectivity index (χ2v) is 4.33. The first-order valence-corrected chi connectivity index (χ1v) is 6.07. The average molecular weight is 297 g/mol. The minimum absolute atomic E-state index is 0. The van der Waals surface area contributed by atoms with Crippen LogP contribution in [0.15, 0.2) is 36.5 Å². The Bertz CT molecular complexity index is 600. The van der Waals surface area contributed by atoms with E-state index in [1.54, 1.807) is 12.3 Å². The van der Waals surface area contributed by atoms with Crippen molar-refractivity contribution in [1.29, 1.82) is 0 Å². The van der Waals surface area contributed by atoms with Crippen molar-refractivity contribution >= 4 is 29.9 Å². The van der Waals surface area contributed by atoms with E-state index in [4.69, 9.17) is 17.3 Å². The number of carbonyl (C=O) groups excluding carboxylic acids is 1. The Balaban J connectivity index is 0.00000180. The van der Waals surface area contributed by atoms with Crippen LogP contribution in [-0.4, -0.2) is 10.9 Å². The Labute approximate surface area is 123 Å². The van der Waals surface area contributed by atoms with Gasteiger partial charge in [-0.25, -0.2) is 0 Å². The minimum Gasteiger partial charge on any atom is -0.366 e. The van der Waals surface area contributed by atoms with Crippen LogP contribution in [0.2, 0.25) is 0 Å². The maximum atomic E-state index is 11.2. The number of halogens is 2. The molecule has 0 fully saturated rings. The molecule has 0 aliphatic carbocycles. The largest absolute Gasteiger partial charge is 0.366 e. The van der Waals surface area contributed by atoms with E-state index in [0.717, 1.165) is 22.4 Å². The predicted octanol–water partition coefficient (Wildman–Crippen LogP) is 3.32. The van der Waals surface area contributed by atoms with Crippen molar-refractivity contribution in [2.45, 2.75) is 12.8 Å². The van der Waals surface area contributed by atoms with Crippen LogP contribution in [0.4, 0.5) is 0 Å². The first-order valence-electron chi connectivity index (χ1n) is 5.53. The number of aryl methyl sites for hydroxylation is 1. The third-order valence-corrected chi connectivity index (χ3v) is 3.05. The lowest BCUT2D eigenvalue weighted by molar-refractivity contribution is 0.1000. The maximum Gasteiger partial charge on any atom is 0.248 e. The number of pyridine rings is 1. The van der Waals surface area contributed by atoms with E-state index in [2.05, 4.69) is 4.98 Å². The van der Waals surface area contributed by atoms with Gasteiger partial charge in [-0.3, -0.25) is 9.78 Å². The molecule has 5 heteroatoms. The third-order valence-electron chi connectivity index (χ3n) is 2.78. The Morgan fingerprint density at radius 3 is 2.53 bits per heavy atom. The molecule has 19 heavy (non-hydrogen) atoms. The molecule has 0 aliphatic heterocycles. The van der Waals surface area contributed by atoms with E-state index in [1.807, 2.05) is 31.2 Å². The molecule has 1 aromatic heterocycles. The molecule has 0 spiro atoms. The van der Waals surface area contributed by atoms with E-state index in [1.165, 1.54) is 0 Å². The van der Waals surface area contributed by atoms with Gasteiger partial charge in [0.25, 0.3) is 0 Å². The van der Waals surface area contributed by atoms with Crippen molar-refractivity contribution in [3.63, 3.8) is 0 Å². The highest BCUT2D eigenvalue weighted by Gasteiger charge is 2.07. The fourth-order valence-electron chi connectivity index (χ4n) is 1.85. The number of primary amides is 1. The van der Waals surface area contributed by atoms with Crippen molar-refractivity contribution in [2.75, 3.05) is 0 Å². The molecule has 1 aromatic carbocycles. The summed E-state index contributed by atoms with van der Waals surface area (Å²) in [5, 5.41) is 0. The first-order chi connectivity index (χ1) is 8.61. The first kappa shape index (κ1) is 15.5. The molecule has 2 rings (SSSR count). The number of hydrogen-bond donors (Lipinski definition) is 1. The van der Waals surface area contributed by atoms with Gasteiger partial charge in [0.2, 0.25) is 5.91 Å². The van der Waals surface area contributed by atoms with Crippen molar-refractivity contribution in [3.8, 4) is 11.1 Å². The average Bonchev–Trinajstić information content (AvgIpc) is 2.38. The normalized spacial score (nSPS) is 9.79. The molecular formula is C14H14Cl2N2O. The number of nitrogens with two attached hydrogens (primary N) is 1. The molecular weight excluding hydrogens is 283 g/mol. The van der Waals surface area contributed by atoms with Gasteiger partial charge < -0.3 is 5.73 Å². The van der Waals surface area contributed by atoms with Gasteiger partial charge in [-0.15, -0.1) is 24.0 Å². The maximum absolute atomic E-state index is 11.2. The van der Waals surface area contributed by atoms with Gasteiger partial charge in [0.1, 0.15) is 0 Å². The lowest BCUT2D eigenvalue weighted by atomic mass is 10.00. The van der Waals surface area contributed by atoms with Crippen molar-refractivity contribution in [3.05, 3.63) is 53.3 Å². The molecule has 0 atom stereocenters. The number of amides is 1. The van der Waals surface area contributed by atoms with Crippen molar-refractivity contribution in [1.82, 2.24) is 4.98 Å². The number of carbonyl (C=O) groups is 1. The summed E-state index contributed by atoms with van der Waals surface area (Å²) in [5.74, 6) is -0.0261. The molecule has 0 aliphatic rings. The SMILES string of the molecule is Cc1cc(-c2ccnc(CCl)c2)ccc1C(N)=O.Cl. The summed E-state index contributed by atoms with van der Waals surface area (Å²) in [6.07, 6.45) is 1.73. The molecule has 0 saturated carbocycles. The molecule has 2 aromatic rings. The van der Waals surface area contributed by atoms with E-state index in [-0.39, 0.29) is 12.4 Å². The number of rotatable bonds is 3. The fourth-order valence-corrected chi connectivity index (χ4v) is 2.00. The van der Waals surface area contributed by atoms with Gasteiger partial charge in [0.05, 0.1) is 11.6 Å². The third kappa shape index (κ3) is 3.46. The molecule has 1 amide bonds. The van der Waals surface area contributed by atoms with Crippen LogP contribution >= 0.6 is 24.0 Å². The van der Waals surface area contributed by atoms with Gasteiger partial charge in [-0.2, -0.15) is 0 Å². The number of nitrogens with zero attached hydrogens (tertiary/aromatic N) is 1. The van der Waals surface area contributed by atoms with E-state index in [9.17, 15) is 4.79 Å². The van der Waals surface area contributed by atoms with Gasteiger partial charge in [0, 0.05) is 11.8 Å². The standard InChI is InChI=1S/C14H13ClN2O.ClH/c1-9-6-10(2-3-13(9)14(16)18)11-4-5-17-12(7-11)8-15;/h2-7H,8H2,1H3,(H2,16,18);1H. The van der Waals surface area contributed by atoms with Crippen LogP contribution in [0.3, 0.4) is 0 Å². The van der Waals surface area contributed by atoms with Crippen molar-refractivity contribution in [2.24, 2.45) is 5.73 Å². The summed E-state index contributed by atoms with van der Waals surface area (Å²) in [4.78, 5) is 15.3. The topological polar surface area (TPSA) is 56.0 Å². The van der Waals surface area contributed by atoms with E-state index < -0.39 is 5.91 Å². The van der Waals surface area contributed by atoms with Gasteiger partial charge in [-0.05, 0) is 41.8 Å². The summed E-state index contributed by atoms with van der Waals surface area (Å²) in [7, 11) is 0. The van der Waals surface area contributed by atoms with Crippen LogP contribution in [0.1, 0.15) is 21.6 Å². The summed E-state index contributed by atoms with van der Waals surface area (Å²) in [6, 6.07) is 9.40. The molecule has 0 saturated heterocycles. The molecule has 3 nitrogen and oxygen atoms in total. The quantitative estimate of drug-likeness (QED) is 0.884. The fraction of sp³-hybridized carbons (Fsp3) is 0.143. The van der Waals surface area contributed by atoms with E-state index >= 15 is 0 Å². The van der Waals surface area contributed by atoms with Gasteiger partial charge >= 0.3 is 0 Å². The molecule has 0 unspecified atom stereocenters. The molecule has 1 heterocycles. The molecule has 2 N–H and O–H groups in total. The summed E-state index contributed by atoms with van der Waals surface area (Å²) in [5.41, 5.74) is 9.57. The van der Waals surface area contributed by atoms with Crippen LogP contribution in [0.5, 0.6) is 0 Å². The van der Waals surface area contributed by atoms with Gasteiger partial charge in [-0.1, -0.05) is 12.1 Å². The summed E-state index contributed by atoms with van der Waals surface area (Å²) in [6.45, 7) is 1.87. The van der Waals surface area contributed by atoms with Crippen LogP contribution in [0.25, 0.3) is 11.1 Å². The Morgan fingerprint density at radius 2 is 1.95 bits per heavy atom. The molecule has 0 radical (unpaired) electrons. The lowest BCUT2D eigenvalue weighted by Gasteiger charge is -2.07. The Hall–Kier alpha value is -1.58.